The standard InChI is InChI=1S/C8H7N3O3/c1-14-7-5-3-2-4-9-6(5)11(13)8(12)10-7/h2-4,13H,1H3. The molecule has 6 heteroatoms. The number of ether oxygens (including phenoxy) is 1. The fourth-order valence-electron chi connectivity index (χ4n) is 1.17. The molecule has 1 N–H and O–H groups in total. The summed E-state index contributed by atoms with van der Waals surface area (Å²) in [5.41, 5.74) is -0.683. The molecular formula is C8H7N3O3. The molecule has 0 saturated carbocycles. The minimum atomic E-state index is -0.812. The number of hydrogen-bond acceptors (Lipinski definition) is 5. The second-order valence-corrected chi connectivity index (χ2v) is 2.59. The lowest BCUT2D eigenvalue weighted by molar-refractivity contribution is 0.180. The molecule has 0 aliphatic rings. The van der Waals surface area contributed by atoms with Crippen LogP contribution in [0.5, 0.6) is 5.88 Å². The zero-order valence-electron chi connectivity index (χ0n) is 7.34. The molecule has 72 valence electrons. The Morgan fingerprint density at radius 2 is 2.36 bits per heavy atom. The summed E-state index contributed by atoms with van der Waals surface area (Å²) in [6, 6.07) is 3.32. The summed E-state index contributed by atoms with van der Waals surface area (Å²) in [5, 5.41) is 9.79. The SMILES string of the molecule is COc1nc(=O)n(O)c2ncccc12. The number of aromatic nitrogens is 3. The van der Waals surface area contributed by atoms with Crippen LogP contribution in [0, 0.1) is 0 Å². The van der Waals surface area contributed by atoms with Gasteiger partial charge in [-0.3, -0.25) is 0 Å². The molecule has 2 heterocycles. The van der Waals surface area contributed by atoms with E-state index in [1.165, 1.54) is 13.3 Å². The number of methoxy groups -OCH3 is 1. The molecule has 0 atom stereocenters. The molecule has 0 radical (unpaired) electrons. The molecule has 0 spiro atoms. The van der Waals surface area contributed by atoms with Gasteiger partial charge in [-0.05, 0) is 12.1 Å². The monoisotopic (exact) mass is 193 g/mol. The van der Waals surface area contributed by atoms with Crippen LogP contribution in [-0.2, 0) is 0 Å². The molecule has 6 nitrogen and oxygen atoms in total. The highest BCUT2D eigenvalue weighted by atomic mass is 16.5. The Balaban J connectivity index is 2.97. The Morgan fingerprint density at radius 3 is 3.07 bits per heavy atom. The van der Waals surface area contributed by atoms with Crippen LogP contribution in [0.25, 0.3) is 11.0 Å². The van der Waals surface area contributed by atoms with Crippen LogP contribution in [0.15, 0.2) is 23.1 Å². The van der Waals surface area contributed by atoms with Crippen LogP contribution in [-0.4, -0.2) is 27.0 Å². The van der Waals surface area contributed by atoms with Crippen molar-refractivity contribution >= 4 is 11.0 Å². The first-order valence-corrected chi connectivity index (χ1v) is 3.85. The molecule has 0 aliphatic heterocycles. The van der Waals surface area contributed by atoms with E-state index in [2.05, 4.69) is 9.97 Å². The number of pyridine rings is 1. The van der Waals surface area contributed by atoms with Crippen LogP contribution in [0.2, 0.25) is 0 Å². The zero-order valence-corrected chi connectivity index (χ0v) is 7.34. The summed E-state index contributed by atoms with van der Waals surface area (Å²) in [6.45, 7) is 0. The van der Waals surface area contributed by atoms with E-state index in [4.69, 9.17) is 4.74 Å². The summed E-state index contributed by atoms with van der Waals surface area (Å²) in [6.07, 6.45) is 1.47. The van der Waals surface area contributed by atoms with E-state index < -0.39 is 5.69 Å². The van der Waals surface area contributed by atoms with E-state index in [-0.39, 0.29) is 11.5 Å². The molecule has 2 aromatic rings. The summed E-state index contributed by atoms with van der Waals surface area (Å²) < 4.78 is 5.27. The minimum absolute atomic E-state index is 0.129. The first-order chi connectivity index (χ1) is 6.74. The van der Waals surface area contributed by atoms with Gasteiger partial charge < -0.3 is 9.94 Å². The third-order valence-electron chi connectivity index (χ3n) is 1.79. The van der Waals surface area contributed by atoms with Gasteiger partial charge in [0.05, 0.1) is 12.5 Å². The van der Waals surface area contributed by atoms with Crippen molar-refractivity contribution < 1.29 is 9.94 Å². The Labute approximate surface area is 78.4 Å². The van der Waals surface area contributed by atoms with Crippen molar-refractivity contribution in [3.8, 4) is 5.88 Å². The number of fused-ring (bicyclic) bond motifs is 1. The Morgan fingerprint density at radius 1 is 1.57 bits per heavy atom. The van der Waals surface area contributed by atoms with Crippen LogP contribution in [0.3, 0.4) is 0 Å². The predicted molar refractivity (Wildman–Crippen MR) is 47.5 cm³/mol. The van der Waals surface area contributed by atoms with Crippen molar-refractivity contribution in [2.75, 3.05) is 7.11 Å². The minimum Gasteiger partial charge on any atom is -0.480 e. The molecule has 0 fully saturated rings. The summed E-state index contributed by atoms with van der Waals surface area (Å²) >= 11 is 0. The van der Waals surface area contributed by atoms with E-state index in [0.717, 1.165) is 0 Å². The molecule has 0 saturated heterocycles. The van der Waals surface area contributed by atoms with Gasteiger partial charge in [0.25, 0.3) is 0 Å². The zero-order chi connectivity index (χ0) is 10.1. The number of nitrogens with zero attached hydrogens (tertiary/aromatic N) is 3. The van der Waals surface area contributed by atoms with Crippen molar-refractivity contribution in [1.29, 1.82) is 0 Å². The smallest absolute Gasteiger partial charge is 0.385 e. The maximum atomic E-state index is 11.1. The van der Waals surface area contributed by atoms with Gasteiger partial charge in [-0.15, -0.1) is 4.73 Å². The van der Waals surface area contributed by atoms with Crippen molar-refractivity contribution in [2.24, 2.45) is 0 Å². The molecule has 14 heavy (non-hydrogen) atoms. The number of hydrogen-bond donors (Lipinski definition) is 1. The molecule has 0 unspecified atom stereocenters. The highest BCUT2D eigenvalue weighted by molar-refractivity contribution is 5.79. The van der Waals surface area contributed by atoms with Crippen LogP contribution in [0.4, 0.5) is 0 Å². The van der Waals surface area contributed by atoms with Crippen molar-refractivity contribution in [2.45, 2.75) is 0 Å². The van der Waals surface area contributed by atoms with Crippen molar-refractivity contribution in [3.63, 3.8) is 0 Å². The first kappa shape index (κ1) is 8.49. The summed E-state index contributed by atoms with van der Waals surface area (Å²) in [7, 11) is 1.40. The van der Waals surface area contributed by atoms with Gasteiger partial charge in [0.15, 0.2) is 5.65 Å². The lowest BCUT2D eigenvalue weighted by Crippen LogP contribution is -2.22. The van der Waals surface area contributed by atoms with Crippen molar-refractivity contribution in [1.82, 2.24) is 14.7 Å². The first-order valence-electron chi connectivity index (χ1n) is 3.85. The average molecular weight is 193 g/mol. The van der Waals surface area contributed by atoms with Crippen LogP contribution < -0.4 is 10.4 Å². The van der Waals surface area contributed by atoms with Gasteiger partial charge in [-0.25, -0.2) is 9.78 Å². The third-order valence-corrected chi connectivity index (χ3v) is 1.79. The van der Waals surface area contributed by atoms with Gasteiger partial charge in [0.2, 0.25) is 5.88 Å². The molecule has 2 rings (SSSR count). The van der Waals surface area contributed by atoms with E-state index >= 15 is 0 Å². The van der Waals surface area contributed by atoms with Crippen molar-refractivity contribution in [3.05, 3.63) is 28.8 Å². The highest BCUT2D eigenvalue weighted by Gasteiger charge is 2.09. The van der Waals surface area contributed by atoms with Gasteiger partial charge in [-0.2, -0.15) is 4.98 Å². The second-order valence-electron chi connectivity index (χ2n) is 2.59. The molecule has 0 amide bonds. The van der Waals surface area contributed by atoms with Gasteiger partial charge in [0, 0.05) is 6.20 Å². The predicted octanol–water partition coefficient (Wildman–Crippen LogP) is 0.0374. The maximum Gasteiger partial charge on any atom is 0.385 e. The molecule has 2 aromatic heterocycles. The van der Waals surface area contributed by atoms with E-state index in [9.17, 15) is 10.0 Å². The fourth-order valence-corrected chi connectivity index (χ4v) is 1.17. The Hall–Kier alpha value is -2.11. The van der Waals surface area contributed by atoms with Gasteiger partial charge >= 0.3 is 5.69 Å². The normalized spacial score (nSPS) is 10.4. The second kappa shape index (κ2) is 2.99. The van der Waals surface area contributed by atoms with E-state index in [1.807, 2.05) is 0 Å². The largest absolute Gasteiger partial charge is 0.480 e. The van der Waals surface area contributed by atoms with Gasteiger partial charge in [-0.1, -0.05) is 0 Å². The molecule has 0 bridgehead atoms. The Bertz CT molecular complexity index is 535. The fraction of sp³-hybridized carbons (Fsp3) is 0.125. The maximum absolute atomic E-state index is 11.1. The Kier molecular flexibility index (Phi) is 1.81. The van der Waals surface area contributed by atoms with Crippen LogP contribution in [0.1, 0.15) is 0 Å². The lowest BCUT2D eigenvalue weighted by Gasteiger charge is -2.04. The quantitative estimate of drug-likeness (QED) is 0.647. The van der Waals surface area contributed by atoms with Crippen LogP contribution >= 0.6 is 0 Å². The summed E-state index contributed by atoms with van der Waals surface area (Å²) in [4.78, 5) is 18.5. The highest BCUT2D eigenvalue weighted by Crippen LogP contribution is 2.17. The molecule has 0 aromatic carbocycles. The number of rotatable bonds is 1. The molecular weight excluding hydrogens is 186 g/mol. The summed E-state index contributed by atoms with van der Waals surface area (Å²) in [5.74, 6) is 0.156. The third kappa shape index (κ3) is 1.08. The van der Waals surface area contributed by atoms with Gasteiger partial charge in [0.1, 0.15) is 0 Å². The topological polar surface area (TPSA) is 77.2 Å². The molecule has 0 aliphatic carbocycles. The average Bonchev–Trinajstić information content (AvgIpc) is 2.23. The van der Waals surface area contributed by atoms with E-state index in [1.54, 1.807) is 12.1 Å². The van der Waals surface area contributed by atoms with E-state index in [0.29, 0.717) is 10.1 Å². The lowest BCUT2D eigenvalue weighted by atomic mass is 10.3.